The Morgan fingerprint density at radius 1 is 1.03 bits per heavy atom. The van der Waals surface area contributed by atoms with Crippen molar-refractivity contribution in [3.05, 3.63) is 59.7 Å². The van der Waals surface area contributed by atoms with Gasteiger partial charge in [-0.1, -0.05) is 6.07 Å². The van der Waals surface area contributed by atoms with Crippen molar-refractivity contribution in [3.8, 4) is 0 Å². The zero-order valence-electron chi connectivity index (χ0n) is 21.8. The largest absolute Gasteiger partial charge is 0.340 e. The number of anilines is 5. The van der Waals surface area contributed by atoms with E-state index in [1.165, 1.54) is 6.07 Å². The van der Waals surface area contributed by atoms with Crippen LogP contribution >= 0.6 is 0 Å². The van der Waals surface area contributed by atoms with Gasteiger partial charge in [-0.2, -0.15) is 4.98 Å². The van der Waals surface area contributed by atoms with Crippen LogP contribution < -0.4 is 15.4 Å². The van der Waals surface area contributed by atoms with E-state index in [4.69, 9.17) is 0 Å². The first kappa shape index (κ1) is 26.7. The molecule has 0 radical (unpaired) electrons. The molecule has 9 nitrogen and oxygen atoms in total. The van der Waals surface area contributed by atoms with Crippen LogP contribution in [-0.4, -0.2) is 53.2 Å². The lowest BCUT2D eigenvalue weighted by Gasteiger charge is -2.29. The zero-order valence-corrected chi connectivity index (χ0v) is 22.7. The highest BCUT2D eigenvalue weighted by molar-refractivity contribution is 7.94. The Morgan fingerprint density at radius 3 is 2.41 bits per heavy atom. The van der Waals surface area contributed by atoms with Gasteiger partial charge in [0.2, 0.25) is 16.0 Å². The summed E-state index contributed by atoms with van der Waals surface area (Å²) in [6.45, 7) is 8.66. The van der Waals surface area contributed by atoms with Gasteiger partial charge in [-0.15, -0.1) is 0 Å². The lowest BCUT2D eigenvalue weighted by atomic mass is 9.90. The van der Waals surface area contributed by atoms with E-state index in [2.05, 4.69) is 42.3 Å². The molecule has 3 N–H and O–H groups in total. The van der Waals surface area contributed by atoms with Crippen LogP contribution in [0.15, 0.2) is 42.7 Å². The number of pyridine rings is 1. The molecule has 2 aromatic heterocycles. The predicted molar refractivity (Wildman–Crippen MR) is 146 cm³/mol. The number of benzene rings is 1. The number of sulfonamides is 1. The van der Waals surface area contributed by atoms with Gasteiger partial charge in [0.25, 0.3) is 0 Å². The Kier molecular flexibility index (Phi) is 7.65. The van der Waals surface area contributed by atoms with Gasteiger partial charge in [0.1, 0.15) is 17.5 Å². The molecule has 37 heavy (non-hydrogen) atoms. The van der Waals surface area contributed by atoms with Gasteiger partial charge < -0.3 is 15.5 Å². The number of piperidine rings is 1. The van der Waals surface area contributed by atoms with E-state index in [9.17, 15) is 12.8 Å². The molecule has 1 fully saturated rings. The first-order valence-corrected chi connectivity index (χ1v) is 13.7. The third-order valence-corrected chi connectivity index (χ3v) is 8.55. The van der Waals surface area contributed by atoms with Gasteiger partial charge in [-0.25, -0.2) is 22.8 Å². The van der Waals surface area contributed by atoms with Crippen LogP contribution in [0.1, 0.15) is 50.7 Å². The maximum absolute atomic E-state index is 14.9. The van der Waals surface area contributed by atoms with Crippen molar-refractivity contribution in [2.24, 2.45) is 0 Å². The Morgan fingerprint density at radius 2 is 1.73 bits per heavy atom. The summed E-state index contributed by atoms with van der Waals surface area (Å²) in [6, 6.07) is 8.31. The second kappa shape index (κ2) is 10.6. The molecule has 0 saturated carbocycles. The van der Waals surface area contributed by atoms with E-state index in [0.29, 0.717) is 28.6 Å². The fraction of sp³-hybridized carbons (Fsp3) is 0.423. The van der Waals surface area contributed by atoms with Crippen LogP contribution in [0.3, 0.4) is 0 Å². The highest BCUT2D eigenvalue weighted by atomic mass is 32.2. The number of nitrogens with zero attached hydrogens (tertiary/aromatic N) is 4. The molecule has 1 saturated heterocycles. The number of likely N-dealkylation sites (tertiary alicyclic amines) is 1. The van der Waals surface area contributed by atoms with E-state index in [-0.39, 0.29) is 17.7 Å². The molecule has 3 aromatic rings. The second-order valence-electron chi connectivity index (χ2n) is 10.4. The van der Waals surface area contributed by atoms with Crippen LogP contribution in [0.4, 0.5) is 33.3 Å². The van der Waals surface area contributed by atoms with E-state index in [1.54, 1.807) is 51.4 Å². The number of nitrogens with one attached hydrogen (secondary N) is 3. The van der Waals surface area contributed by atoms with Crippen LogP contribution in [0.5, 0.6) is 0 Å². The van der Waals surface area contributed by atoms with Crippen LogP contribution in [0.25, 0.3) is 0 Å². The number of halogens is 1. The van der Waals surface area contributed by atoms with Gasteiger partial charge in [-0.05, 0) is 84.8 Å². The van der Waals surface area contributed by atoms with Crippen LogP contribution in [0, 0.1) is 12.7 Å². The standard InChI is InChI=1S/C26H34FN7O2S/c1-17-15-29-25(31-23-14-22(27)21(16-28-23)18-9-11-34(5)12-10-18)32-24(17)30-19-7-6-8-20(13-19)33-37(35,36)26(2,3)4/h6-8,13-16,18,33H,9-12H2,1-5H3,(H2,28,29,30,31,32). The number of aromatic nitrogens is 3. The number of hydrogen-bond donors (Lipinski definition) is 3. The summed E-state index contributed by atoms with van der Waals surface area (Å²) in [7, 11) is -1.48. The summed E-state index contributed by atoms with van der Waals surface area (Å²) in [5.41, 5.74) is 2.51. The summed E-state index contributed by atoms with van der Waals surface area (Å²) in [5.74, 6) is 0.996. The van der Waals surface area contributed by atoms with Crippen molar-refractivity contribution in [1.29, 1.82) is 0 Å². The molecule has 198 valence electrons. The minimum atomic E-state index is -3.56. The molecule has 1 aliphatic heterocycles. The molecule has 0 amide bonds. The van der Waals surface area contributed by atoms with Gasteiger partial charge in [0.05, 0.1) is 10.4 Å². The third-order valence-electron chi connectivity index (χ3n) is 6.44. The summed E-state index contributed by atoms with van der Waals surface area (Å²) in [5, 5.41) is 6.19. The minimum Gasteiger partial charge on any atom is -0.340 e. The summed E-state index contributed by atoms with van der Waals surface area (Å²) in [4.78, 5) is 15.5. The molecule has 11 heteroatoms. The molecule has 0 spiro atoms. The van der Waals surface area contributed by atoms with Crippen molar-refractivity contribution >= 4 is 39.0 Å². The average molecular weight is 528 g/mol. The number of rotatable bonds is 7. The van der Waals surface area contributed by atoms with Crippen molar-refractivity contribution in [1.82, 2.24) is 19.9 Å². The Bertz CT molecular complexity index is 1370. The van der Waals surface area contributed by atoms with Crippen molar-refractivity contribution in [2.75, 3.05) is 35.5 Å². The molecule has 1 aliphatic rings. The molecule has 0 aliphatic carbocycles. The summed E-state index contributed by atoms with van der Waals surface area (Å²) < 4.78 is 41.6. The molecular formula is C26H34FN7O2S. The van der Waals surface area contributed by atoms with E-state index in [0.717, 1.165) is 31.5 Å². The van der Waals surface area contributed by atoms with Gasteiger partial charge in [0, 0.05) is 35.3 Å². The van der Waals surface area contributed by atoms with Crippen molar-refractivity contribution in [3.63, 3.8) is 0 Å². The fourth-order valence-electron chi connectivity index (χ4n) is 3.98. The Hall–Kier alpha value is -3.31. The minimum absolute atomic E-state index is 0.174. The highest BCUT2D eigenvalue weighted by Crippen LogP contribution is 2.30. The van der Waals surface area contributed by atoms with Crippen molar-refractivity contribution < 1.29 is 12.8 Å². The molecule has 3 heterocycles. The maximum atomic E-state index is 14.9. The van der Waals surface area contributed by atoms with Gasteiger partial charge >= 0.3 is 0 Å². The number of aryl methyl sites for hydroxylation is 1. The molecule has 4 rings (SSSR count). The lowest BCUT2D eigenvalue weighted by molar-refractivity contribution is 0.253. The van der Waals surface area contributed by atoms with Crippen LogP contribution in [-0.2, 0) is 10.0 Å². The smallest absolute Gasteiger partial charge is 0.237 e. The van der Waals surface area contributed by atoms with E-state index >= 15 is 0 Å². The SMILES string of the molecule is Cc1cnc(Nc2cc(F)c(C3CCN(C)CC3)cn2)nc1Nc1cccc(NS(=O)(=O)C(C)(C)C)c1. The second-order valence-corrected chi connectivity index (χ2v) is 12.9. The topological polar surface area (TPSA) is 112 Å². The Balaban J connectivity index is 1.48. The molecule has 0 atom stereocenters. The predicted octanol–water partition coefficient (Wildman–Crippen LogP) is 5.16. The number of hydrogen-bond acceptors (Lipinski definition) is 8. The van der Waals surface area contributed by atoms with Crippen LogP contribution in [0.2, 0.25) is 0 Å². The monoisotopic (exact) mass is 527 g/mol. The lowest BCUT2D eigenvalue weighted by Crippen LogP contribution is -2.33. The van der Waals surface area contributed by atoms with Gasteiger partial charge in [-0.3, -0.25) is 4.72 Å². The first-order chi connectivity index (χ1) is 17.4. The summed E-state index contributed by atoms with van der Waals surface area (Å²) in [6.07, 6.45) is 5.08. The average Bonchev–Trinajstić information content (AvgIpc) is 2.81. The third kappa shape index (κ3) is 6.53. The fourth-order valence-corrected chi connectivity index (χ4v) is 4.72. The van der Waals surface area contributed by atoms with Gasteiger partial charge in [0.15, 0.2) is 0 Å². The maximum Gasteiger partial charge on any atom is 0.237 e. The zero-order chi connectivity index (χ0) is 26.8. The molecule has 0 bridgehead atoms. The van der Waals surface area contributed by atoms with E-state index < -0.39 is 14.8 Å². The molecule has 0 unspecified atom stereocenters. The Labute approximate surface area is 218 Å². The van der Waals surface area contributed by atoms with E-state index in [1.807, 2.05) is 13.0 Å². The molecular weight excluding hydrogens is 493 g/mol. The summed E-state index contributed by atoms with van der Waals surface area (Å²) >= 11 is 0. The highest BCUT2D eigenvalue weighted by Gasteiger charge is 2.29. The molecule has 1 aromatic carbocycles. The quantitative estimate of drug-likeness (QED) is 0.387. The van der Waals surface area contributed by atoms with Crippen molar-refractivity contribution in [2.45, 2.75) is 51.2 Å². The first-order valence-electron chi connectivity index (χ1n) is 12.3. The normalized spacial score (nSPS) is 15.4.